The van der Waals surface area contributed by atoms with Crippen LogP contribution in [0.25, 0.3) is 0 Å². The maximum absolute atomic E-state index is 5.45. The van der Waals surface area contributed by atoms with Crippen molar-refractivity contribution in [1.29, 1.82) is 0 Å². The van der Waals surface area contributed by atoms with Gasteiger partial charge in [-0.05, 0) is 18.5 Å². The molecular formula is C5H8ClN3O. The molecule has 0 spiro atoms. The van der Waals surface area contributed by atoms with Gasteiger partial charge in [0.2, 0.25) is 5.28 Å². The molecule has 1 aromatic rings. The SMILES string of the molecule is COC(C)c1nc(Cl)n[nH]1. The van der Waals surface area contributed by atoms with E-state index in [4.69, 9.17) is 16.3 Å². The molecule has 1 N–H and O–H groups in total. The maximum Gasteiger partial charge on any atom is 0.242 e. The number of ether oxygens (including phenoxy) is 1. The molecule has 56 valence electrons. The molecule has 5 heteroatoms. The highest BCUT2D eigenvalue weighted by molar-refractivity contribution is 6.28. The molecule has 4 nitrogen and oxygen atoms in total. The second-order valence-electron chi connectivity index (χ2n) is 1.87. The Kier molecular flexibility index (Phi) is 2.24. The van der Waals surface area contributed by atoms with Crippen LogP contribution in [0.15, 0.2) is 0 Å². The fraction of sp³-hybridized carbons (Fsp3) is 0.600. The maximum atomic E-state index is 5.45. The number of H-pyrrole nitrogens is 1. The molecule has 1 rings (SSSR count). The first-order chi connectivity index (χ1) is 4.74. The Hall–Kier alpha value is -0.610. The minimum atomic E-state index is -0.0833. The Bertz CT molecular complexity index is 212. The van der Waals surface area contributed by atoms with Gasteiger partial charge < -0.3 is 4.74 Å². The van der Waals surface area contributed by atoms with Crippen LogP contribution in [0.2, 0.25) is 5.28 Å². The zero-order valence-corrected chi connectivity index (χ0v) is 6.51. The van der Waals surface area contributed by atoms with Crippen molar-refractivity contribution in [2.75, 3.05) is 7.11 Å². The molecule has 10 heavy (non-hydrogen) atoms. The molecule has 0 aromatic carbocycles. The summed E-state index contributed by atoms with van der Waals surface area (Å²) in [5, 5.41) is 6.49. The fourth-order valence-electron chi connectivity index (χ4n) is 0.546. The lowest BCUT2D eigenvalue weighted by Gasteiger charge is -2.02. The molecule has 0 aliphatic heterocycles. The van der Waals surface area contributed by atoms with Crippen molar-refractivity contribution in [3.05, 3.63) is 11.1 Å². The van der Waals surface area contributed by atoms with E-state index in [1.165, 1.54) is 0 Å². The highest BCUT2D eigenvalue weighted by atomic mass is 35.5. The molecule has 0 aliphatic rings. The first-order valence-corrected chi connectivity index (χ1v) is 3.22. The van der Waals surface area contributed by atoms with E-state index in [1.54, 1.807) is 7.11 Å². The van der Waals surface area contributed by atoms with Gasteiger partial charge >= 0.3 is 0 Å². The number of halogens is 1. The Balaban J connectivity index is 2.74. The third-order valence-electron chi connectivity index (χ3n) is 1.21. The molecule has 1 atom stereocenters. The van der Waals surface area contributed by atoms with Gasteiger partial charge in [0.15, 0.2) is 5.82 Å². The summed E-state index contributed by atoms with van der Waals surface area (Å²) < 4.78 is 4.96. The summed E-state index contributed by atoms with van der Waals surface area (Å²) in [4.78, 5) is 3.86. The van der Waals surface area contributed by atoms with E-state index in [-0.39, 0.29) is 11.4 Å². The summed E-state index contributed by atoms with van der Waals surface area (Å²) in [5.41, 5.74) is 0. The van der Waals surface area contributed by atoms with Crippen LogP contribution in [0.4, 0.5) is 0 Å². The summed E-state index contributed by atoms with van der Waals surface area (Å²) in [6.07, 6.45) is -0.0833. The molecule has 0 amide bonds. The van der Waals surface area contributed by atoms with Crippen LogP contribution in [-0.4, -0.2) is 22.3 Å². The lowest BCUT2D eigenvalue weighted by Crippen LogP contribution is -1.97. The van der Waals surface area contributed by atoms with Gasteiger partial charge in [0.1, 0.15) is 6.10 Å². The number of nitrogens with zero attached hydrogens (tertiary/aromatic N) is 2. The summed E-state index contributed by atoms with van der Waals surface area (Å²) in [5.74, 6) is 0.646. The first-order valence-electron chi connectivity index (χ1n) is 2.84. The Morgan fingerprint density at radius 2 is 2.40 bits per heavy atom. The lowest BCUT2D eigenvalue weighted by atomic mass is 10.4. The number of methoxy groups -OCH3 is 1. The zero-order chi connectivity index (χ0) is 7.56. The Morgan fingerprint density at radius 3 is 2.80 bits per heavy atom. The average molecular weight is 162 g/mol. The minimum Gasteiger partial charge on any atom is -0.374 e. The smallest absolute Gasteiger partial charge is 0.242 e. The van der Waals surface area contributed by atoms with Gasteiger partial charge in [-0.15, -0.1) is 5.10 Å². The molecule has 0 fully saturated rings. The van der Waals surface area contributed by atoms with E-state index in [9.17, 15) is 0 Å². The van der Waals surface area contributed by atoms with Crippen molar-refractivity contribution in [2.24, 2.45) is 0 Å². The molecule has 1 aromatic heterocycles. The van der Waals surface area contributed by atoms with Crippen LogP contribution in [0, 0.1) is 0 Å². The quantitative estimate of drug-likeness (QED) is 0.709. The van der Waals surface area contributed by atoms with E-state index in [0.29, 0.717) is 5.82 Å². The molecule has 1 unspecified atom stereocenters. The first kappa shape index (κ1) is 7.50. The van der Waals surface area contributed by atoms with Crippen LogP contribution in [0.3, 0.4) is 0 Å². The molecule has 0 saturated carbocycles. The van der Waals surface area contributed by atoms with Crippen LogP contribution in [-0.2, 0) is 4.74 Å². The van der Waals surface area contributed by atoms with Gasteiger partial charge in [0, 0.05) is 7.11 Å². The predicted molar refractivity (Wildman–Crippen MR) is 36.8 cm³/mol. The number of hydrogen-bond acceptors (Lipinski definition) is 3. The fourth-order valence-corrected chi connectivity index (χ4v) is 0.680. The summed E-state index contributed by atoms with van der Waals surface area (Å²) >= 11 is 5.45. The van der Waals surface area contributed by atoms with Gasteiger partial charge in [-0.1, -0.05) is 0 Å². The van der Waals surface area contributed by atoms with Gasteiger partial charge in [0.05, 0.1) is 0 Å². The Labute approximate surface area is 63.6 Å². The van der Waals surface area contributed by atoms with Crippen molar-refractivity contribution in [3.63, 3.8) is 0 Å². The second-order valence-corrected chi connectivity index (χ2v) is 2.21. The van der Waals surface area contributed by atoms with Crippen molar-refractivity contribution in [1.82, 2.24) is 15.2 Å². The lowest BCUT2D eigenvalue weighted by molar-refractivity contribution is 0.112. The largest absolute Gasteiger partial charge is 0.374 e. The van der Waals surface area contributed by atoms with Crippen molar-refractivity contribution >= 4 is 11.6 Å². The van der Waals surface area contributed by atoms with E-state index in [1.807, 2.05) is 6.92 Å². The van der Waals surface area contributed by atoms with E-state index in [2.05, 4.69) is 15.2 Å². The number of aromatic nitrogens is 3. The van der Waals surface area contributed by atoms with E-state index >= 15 is 0 Å². The van der Waals surface area contributed by atoms with Crippen molar-refractivity contribution in [2.45, 2.75) is 13.0 Å². The van der Waals surface area contributed by atoms with Crippen LogP contribution in [0.5, 0.6) is 0 Å². The predicted octanol–water partition coefficient (Wildman–Crippen LogP) is 1.17. The topological polar surface area (TPSA) is 50.8 Å². The number of hydrogen-bond donors (Lipinski definition) is 1. The third kappa shape index (κ3) is 1.46. The molecule has 0 radical (unpaired) electrons. The van der Waals surface area contributed by atoms with Gasteiger partial charge in [0.25, 0.3) is 0 Å². The second kappa shape index (κ2) is 2.98. The van der Waals surface area contributed by atoms with E-state index in [0.717, 1.165) is 0 Å². The van der Waals surface area contributed by atoms with Crippen LogP contribution in [0.1, 0.15) is 18.9 Å². The monoisotopic (exact) mass is 161 g/mol. The van der Waals surface area contributed by atoms with E-state index < -0.39 is 0 Å². The van der Waals surface area contributed by atoms with Crippen molar-refractivity contribution < 1.29 is 4.74 Å². The summed E-state index contributed by atoms with van der Waals surface area (Å²) in [7, 11) is 1.60. The minimum absolute atomic E-state index is 0.0833. The summed E-state index contributed by atoms with van der Waals surface area (Å²) in [6, 6.07) is 0. The highest BCUT2D eigenvalue weighted by Gasteiger charge is 2.07. The highest BCUT2D eigenvalue weighted by Crippen LogP contribution is 2.11. The van der Waals surface area contributed by atoms with Crippen LogP contribution < -0.4 is 0 Å². The number of rotatable bonds is 2. The third-order valence-corrected chi connectivity index (χ3v) is 1.38. The molecule has 1 heterocycles. The van der Waals surface area contributed by atoms with Gasteiger partial charge in [-0.25, -0.2) is 0 Å². The van der Waals surface area contributed by atoms with Gasteiger partial charge in [-0.2, -0.15) is 4.98 Å². The molecule has 0 bridgehead atoms. The Morgan fingerprint density at radius 1 is 1.70 bits per heavy atom. The van der Waals surface area contributed by atoms with Crippen molar-refractivity contribution in [3.8, 4) is 0 Å². The standard InChI is InChI=1S/C5H8ClN3O/c1-3(10-2)4-7-5(6)9-8-4/h3H,1-2H3,(H,7,8,9). The summed E-state index contributed by atoms with van der Waals surface area (Å²) in [6.45, 7) is 1.86. The molecule has 0 aliphatic carbocycles. The zero-order valence-electron chi connectivity index (χ0n) is 5.76. The van der Waals surface area contributed by atoms with Gasteiger partial charge in [-0.3, -0.25) is 5.10 Å². The average Bonchev–Trinajstić information content (AvgIpc) is 2.34. The molecular weight excluding hydrogens is 154 g/mol. The molecule has 0 saturated heterocycles. The normalized spacial score (nSPS) is 13.5. The van der Waals surface area contributed by atoms with Crippen LogP contribution >= 0.6 is 11.6 Å². The number of nitrogens with one attached hydrogen (secondary N) is 1. The number of aromatic amines is 1.